The number of amides is 1. The first-order valence-electron chi connectivity index (χ1n) is 5.54. The van der Waals surface area contributed by atoms with E-state index in [1.165, 1.54) is 12.1 Å². The Bertz CT molecular complexity index is 416. The van der Waals surface area contributed by atoms with Gasteiger partial charge in [0, 0.05) is 31.6 Å². The van der Waals surface area contributed by atoms with E-state index >= 15 is 0 Å². The first-order chi connectivity index (χ1) is 8.10. The normalized spacial score (nSPS) is 20.1. The Morgan fingerprint density at radius 3 is 2.53 bits per heavy atom. The van der Waals surface area contributed by atoms with Crippen LogP contribution < -0.4 is 5.73 Å². The fourth-order valence-corrected chi connectivity index (χ4v) is 2.15. The maximum atomic E-state index is 13.0. The highest BCUT2D eigenvalue weighted by Gasteiger charge is 2.29. The highest BCUT2D eigenvalue weighted by molar-refractivity contribution is 5.78. The Morgan fingerprint density at radius 1 is 1.29 bits per heavy atom. The van der Waals surface area contributed by atoms with Gasteiger partial charge in [-0.3, -0.25) is 4.79 Å². The maximum Gasteiger partial charge on any atom is 0.223 e. The molecule has 3 nitrogen and oxygen atoms in total. The summed E-state index contributed by atoms with van der Waals surface area (Å²) in [5.41, 5.74) is 6.01. The van der Waals surface area contributed by atoms with Crippen LogP contribution in [0.1, 0.15) is 18.4 Å². The van der Waals surface area contributed by atoms with Crippen LogP contribution in [0.15, 0.2) is 18.2 Å². The van der Waals surface area contributed by atoms with Crippen molar-refractivity contribution in [1.82, 2.24) is 4.90 Å². The van der Waals surface area contributed by atoms with E-state index in [4.69, 9.17) is 5.73 Å². The molecule has 0 saturated carbocycles. The van der Waals surface area contributed by atoms with Crippen LogP contribution in [-0.2, 0) is 11.3 Å². The van der Waals surface area contributed by atoms with Crippen LogP contribution in [-0.4, -0.2) is 23.4 Å². The smallest absolute Gasteiger partial charge is 0.223 e. The number of nitrogens with two attached hydrogens (primary N) is 1. The quantitative estimate of drug-likeness (QED) is 0.868. The fourth-order valence-electron chi connectivity index (χ4n) is 2.15. The van der Waals surface area contributed by atoms with Crippen molar-refractivity contribution in [3.05, 3.63) is 35.4 Å². The van der Waals surface area contributed by atoms with Crippen LogP contribution >= 0.6 is 0 Å². The third-order valence-electron chi connectivity index (χ3n) is 3.00. The third kappa shape index (κ3) is 2.61. The number of nitrogens with zero attached hydrogens (tertiary/aromatic N) is 1. The lowest BCUT2D eigenvalue weighted by Crippen LogP contribution is -2.37. The Labute approximate surface area is 98.2 Å². The Balaban J connectivity index is 2.16. The Kier molecular flexibility index (Phi) is 3.38. The largest absolute Gasteiger partial charge is 0.334 e. The molecule has 1 aliphatic heterocycles. The lowest BCUT2D eigenvalue weighted by Gasteiger charge is -2.23. The van der Waals surface area contributed by atoms with Gasteiger partial charge in [-0.2, -0.15) is 0 Å². The van der Waals surface area contributed by atoms with Crippen molar-refractivity contribution in [2.75, 3.05) is 6.54 Å². The molecule has 1 amide bonds. The van der Waals surface area contributed by atoms with E-state index in [1.807, 2.05) is 0 Å². The van der Waals surface area contributed by atoms with Crippen LogP contribution in [0.4, 0.5) is 8.78 Å². The minimum absolute atomic E-state index is 0.00915. The van der Waals surface area contributed by atoms with Gasteiger partial charge in [0.05, 0.1) is 0 Å². The van der Waals surface area contributed by atoms with Crippen LogP contribution in [0, 0.1) is 11.6 Å². The summed E-state index contributed by atoms with van der Waals surface area (Å²) >= 11 is 0. The van der Waals surface area contributed by atoms with E-state index in [2.05, 4.69) is 0 Å². The van der Waals surface area contributed by atoms with Gasteiger partial charge in [0.15, 0.2) is 0 Å². The van der Waals surface area contributed by atoms with Crippen molar-refractivity contribution in [2.45, 2.75) is 25.4 Å². The van der Waals surface area contributed by atoms with Crippen LogP contribution in [0.5, 0.6) is 0 Å². The Hall–Kier alpha value is -1.49. The molecule has 0 bridgehead atoms. The highest BCUT2D eigenvalue weighted by atomic mass is 19.1. The van der Waals surface area contributed by atoms with E-state index in [9.17, 15) is 13.6 Å². The number of rotatable bonds is 3. The molecule has 1 saturated heterocycles. The molecule has 1 aliphatic rings. The maximum absolute atomic E-state index is 13.0. The molecule has 0 spiro atoms. The second-order valence-electron chi connectivity index (χ2n) is 4.23. The molecule has 0 aliphatic carbocycles. The topological polar surface area (TPSA) is 46.3 Å². The zero-order chi connectivity index (χ0) is 12.4. The Morgan fingerprint density at radius 2 is 1.94 bits per heavy atom. The molecule has 0 aromatic heterocycles. The second kappa shape index (κ2) is 4.79. The van der Waals surface area contributed by atoms with Crippen molar-refractivity contribution < 1.29 is 13.6 Å². The van der Waals surface area contributed by atoms with Crippen molar-refractivity contribution in [3.63, 3.8) is 0 Å². The van der Waals surface area contributed by atoms with Crippen LogP contribution in [0.25, 0.3) is 0 Å². The number of hydrogen-bond donors (Lipinski definition) is 1. The molecule has 0 radical (unpaired) electrons. The molecule has 1 aromatic carbocycles. The standard InChI is InChI=1S/C12H14F2N2O/c13-9-3-8(4-10(14)5-9)7-16-11(6-15)1-2-12(16)17/h3-5,11H,1-2,6-7,15H2. The summed E-state index contributed by atoms with van der Waals surface area (Å²) in [5.74, 6) is -1.27. The number of hydrogen-bond acceptors (Lipinski definition) is 2. The van der Waals surface area contributed by atoms with Crippen molar-refractivity contribution >= 4 is 5.91 Å². The van der Waals surface area contributed by atoms with Gasteiger partial charge in [0.1, 0.15) is 11.6 Å². The molecule has 2 N–H and O–H groups in total. The van der Waals surface area contributed by atoms with Gasteiger partial charge in [0.2, 0.25) is 5.91 Å². The monoisotopic (exact) mass is 240 g/mol. The van der Waals surface area contributed by atoms with Gasteiger partial charge in [0.25, 0.3) is 0 Å². The molecule has 1 aromatic rings. The number of halogens is 2. The summed E-state index contributed by atoms with van der Waals surface area (Å²) in [6.07, 6.45) is 1.17. The molecule has 1 fully saturated rings. The molecular formula is C12H14F2N2O. The molecule has 17 heavy (non-hydrogen) atoms. The number of carbonyl (C=O) groups is 1. The summed E-state index contributed by atoms with van der Waals surface area (Å²) in [6, 6.07) is 3.27. The van der Waals surface area contributed by atoms with Crippen LogP contribution in [0.3, 0.4) is 0 Å². The first kappa shape index (κ1) is 12.0. The molecule has 1 unspecified atom stereocenters. The van der Waals surface area contributed by atoms with Gasteiger partial charge < -0.3 is 10.6 Å². The van der Waals surface area contributed by atoms with Crippen LogP contribution in [0.2, 0.25) is 0 Å². The van der Waals surface area contributed by atoms with Crippen molar-refractivity contribution in [2.24, 2.45) is 5.73 Å². The molecule has 2 rings (SSSR count). The van der Waals surface area contributed by atoms with Gasteiger partial charge >= 0.3 is 0 Å². The molecule has 1 heterocycles. The minimum Gasteiger partial charge on any atom is -0.334 e. The fraction of sp³-hybridized carbons (Fsp3) is 0.417. The van der Waals surface area contributed by atoms with E-state index in [0.29, 0.717) is 24.9 Å². The summed E-state index contributed by atoms with van der Waals surface area (Å²) in [5, 5.41) is 0. The molecule has 92 valence electrons. The summed E-state index contributed by atoms with van der Waals surface area (Å²) < 4.78 is 26.0. The third-order valence-corrected chi connectivity index (χ3v) is 3.00. The lowest BCUT2D eigenvalue weighted by atomic mass is 10.1. The van der Waals surface area contributed by atoms with E-state index in [0.717, 1.165) is 6.07 Å². The predicted molar refractivity (Wildman–Crippen MR) is 59.0 cm³/mol. The zero-order valence-corrected chi connectivity index (χ0v) is 9.33. The second-order valence-corrected chi connectivity index (χ2v) is 4.23. The van der Waals surface area contributed by atoms with E-state index in [1.54, 1.807) is 4.90 Å². The predicted octanol–water partition coefficient (Wildman–Crippen LogP) is 1.41. The lowest BCUT2D eigenvalue weighted by molar-refractivity contribution is -0.129. The van der Waals surface area contributed by atoms with Gasteiger partial charge in [-0.1, -0.05) is 0 Å². The van der Waals surface area contributed by atoms with Crippen molar-refractivity contribution in [1.29, 1.82) is 0 Å². The average molecular weight is 240 g/mol. The SMILES string of the molecule is NCC1CCC(=O)N1Cc1cc(F)cc(F)c1. The average Bonchev–Trinajstić information content (AvgIpc) is 2.59. The van der Waals surface area contributed by atoms with Gasteiger partial charge in [-0.15, -0.1) is 0 Å². The van der Waals surface area contributed by atoms with Gasteiger partial charge in [-0.05, 0) is 24.1 Å². The van der Waals surface area contributed by atoms with Gasteiger partial charge in [-0.25, -0.2) is 8.78 Å². The van der Waals surface area contributed by atoms with Crippen molar-refractivity contribution in [3.8, 4) is 0 Å². The highest BCUT2D eigenvalue weighted by Crippen LogP contribution is 2.21. The summed E-state index contributed by atoms with van der Waals surface area (Å²) in [7, 11) is 0. The minimum atomic E-state index is -0.629. The van der Waals surface area contributed by atoms with E-state index in [-0.39, 0.29) is 18.5 Å². The first-order valence-corrected chi connectivity index (χ1v) is 5.54. The number of likely N-dealkylation sites (tertiary alicyclic amines) is 1. The number of carbonyl (C=O) groups excluding carboxylic acids is 1. The molecule has 1 atom stereocenters. The number of benzene rings is 1. The summed E-state index contributed by atoms with van der Waals surface area (Å²) in [6.45, 7) is 0.596. The molecular weight excluding hydrogens is 226 g/mol. The van der Waals surface area contributed by atoms with E-state index < -0.39 is 11.6 Å². The zero-order valence-electron chi connectivity index (χ0n) is 9.33. The summed E-state index contributed by atoms with van der Waals surface area (Å²) in [4.78, 5) is 13.2. The molecule has 5 heteroatoms.